The van der Waals surface area contributed by atoms with Gasteiger partial charge >= 0.3 is 18.3 Å². The van der Waals surface area contributed by atoms with E-state index in [4.69, 9.17) is 77.0 Å². The Balaban J connectivity index is 0.533. The molecule has 1 fully saturated rings. The number of unbranched alkanes of at least 4 members (excludes halogenated alkanes) is 1. The third-order valence-corrected chi connectivity index (χ3v) is 20.6. The summed E-state index contributed by atoms with van der Waals surface area (Å²) in [5.74, 6) is -3.52. The van der Waals surface area contributed by atoms with Gasteiger partial charge in [-0.3, -0.25) is 43.3 Å². The first-order chi connectivity index (χ1) is 59.4. The highest BCUT2D eigenvalue weighted by molar-refractivity contribution is 6.13. The first kappa shape index (κ1) is 93.3. The van der Waals surface area contributed by atoms with Crippen molar-refractivity contribution in [1.29, 1.82) is 0 Å². The molecule has 37 heteroatoms. The lowest BCUT2D eigenvalue weighted by Gasteiger charge is -2.35. The fourth-order valence-corrected chi connectivity index (χ4v) is 14.2. The number of carbonyl (C=O) groups is 10. The fourth-order valence-electron chi connectivity index (χ4n) is 14.2. The summed E-state index contributed by atoms with van der Waals surface area (Å²) in [5.41, 5.74) is 8.84. The van der Waals surface area contributed by atoms with E-state index in [2.05, 4.69) is 36.9 Å². The van der Waals surface area contributed by atoms with Crippen molar-refractivity contribution in [1.82, 2.24) is 50.7 Å². The number of fused-ring (bicyclic) bond motifs is 5. The van der Waals surface area contributed by atoms with Gasteiger partial charge in [0.15, 0.2) is 0 Å². The molecule has 10 rings (SSSR count). The molecule has 7 N–H and O–H groups in total. The van der Waals surface area contributed by atoms with Crippen LogP contribution in [0, 0.1) is 11.8 Å². The van der Waals surface area contributed by atoms with Gasteiger partial charge in [0.2, 0.25) is 35.1 Å². The molecule has 0 bridgehead atoms. The molecule has 4 aliphatic rings. The molecule has 3 aromatic heterocycles. The second kappa shape index (κ2) is 49.2. The minimum absolute atomic E-state index is 0.0316. The minimum Gasteiger partial charge on any atom is -0.457 e. The largest absolute Gasteiger partial charge is 0.513 e. The molecule has 37 nitrogen and oxygen atoms in total. The molecule has 3 aliphatic heterocycles. The zero-order valence-corrected chi connectivity index (χ0v) is 69.2. The molecule has 3 aromatic carbocycles. The third kappa shape index (κ3) is 28.0. The van der Waals surface area contributed by atoms with E-state index in [-0.39, 0.29) is 118 Å². The molecular weight excluding hydrogens is 1590 g/mol. The number of aromatic nitrogens is 5. The summed E-state index contributed by atoms with van der Waals surface area (Å²) in [6.45, 7) is 11.4. The Morgan fingerprint density at radius 3 is 1.91 bits per heavy atom. The van der Waals surface area contributed by atoms with Gasteiger partial charge < -0.3 is 103 Å². The van der Waals surface area contributed by atoms with Crippen LogP contribution in [0.2, 0.25) is 0 Å². The molecule has 660 valence electrons. The van der Waals surface area contributed by atoms with Crippen LogP contribution in [0.1, 0.15) is 111 Å². The highest BCUT2D eigenvalue weighted by Gasteiger charge is 2.51. The molecule has 6 aromatic rings. The topological polar surface area (TPSA) is 455 Å². The van der Waals surface area contributed by atoms with E-state index in [1.165, 1.54) is 17.1 Å². The molecule has 122 heavy (non-hydrogen) atoms. The second-order valence-corrected chi connectivity index (χ2v) is 29.1. The van der Waals surface area contributed by atoms with E-state index >= 15 is 0 Å². The van der Waals surface area contributed by atoms with Crippen molar-refractivity contribution in [3.63, 3.8) is 0 Å². The second-order valence-electron chi connectivity index (χ2n) is 29.1. The van der Waals surface area contributed by atoms with Crippen LogP contribution in [0.5, 0.6) is 5.75 Å². The number of nitrogens with two attached hydrogens (primary N) is 1. The van der Waals surface area contributed by atoms with Crippen molar-refractivity contribution in [2.75, 3.05) is 150 Å². The van der Waals surface area contributed by atoms with Crippen LogP contribution in [0.15, 0.2) is 102 Å². The molecule has 3 atom stereocenters. The Hall–Kier alpha value is -11.0. The number of cyclic esters (lactones) is 1. The number of ether oxygens (including phenoxy) is 14. The van der Waals surface area contributed by atoms with Crippen molar-refractivity contribution in [3.05, 3.63) is 147 Å². The standard InChI is InChI=1S/C85H110N12O25/c1-4-64-65-47-63(121-83(107)118-6-3)23-24-69(65)91-77-66(64)52-96-72(77)48-68-67(81(96)105)54-119-82(106)85(68,5-2)122-84(108)120-53-59-17-21-61(22-18-59)89-79(103)70(14-10-11-27-86)92-80(104)71(46-57-12-8-7-9-13-57)90-74(99)56-117-55-73(98)87-28-30-109-32-34-111-36-38-113-40-42-115-44-45-116-43-41-114-39-37-112-35-33-110-31-29-95-51-62(93-94-95)49-88-78(102)60-19-15-58(16-20-60)50-97-75(100)25-26-76(97)101/h7-9,12-13,17-18,21-26,47-48,51,58,60,70-71H,4-6,10-11,14-16,19-20,27-46,49-50,52-56,86H2,1-3H3,(H,87,98)(H,88,102)(H,89,103)(H,90,99)(H,92,104)/t58?,60?,70-,71-,85-/m0/s1. The van der Waals surface area contributed by atoms with Crippen LogP contribution < -0.4 is 42.6 Å². The number of amides is 7. The summed E-state index contributed by atoms with van der Waals surface area (Å²) >= 11 is 0. The normalized spacial score (nSPS) is 16.3. The molecular formula is C85H110N12O25. The Morgan fingerprint density at radius 2 is 1.28 bits per heavy atom. The molecule has 7 amide bonds. The molecule has 0 radical (unpaired) electrons. The molecule has 1 saturated carbocycles. The molecule has 6 heterocycles. The van der Waals surface area contributed by atoms with E-state index in [0.717, 1.165) is 29.4 Å². The van der Waals surface area contributed by atoms with Crippen molar-refractivity contribution in [3.8, 4) is 17.1 Å². The number of hydrogen-bond donors (Lipinski definition) is 6. The summed E-state index contributed by atoms with van der Waals surface area (Å²) in [7, 11) is 0. The number of nitrogens with one attached hydrogen (secondary N) is 5. The van der Waals surface area contributed by atoms with Crippen molar-refractivity contribution < 1.29 is 114 Å². The van der Waals surface area contributed by atoms with Crippen LogP contribution in [0.4, 0.5) is 15.3 Å². The number of anilines is 1. The number of pyridine rings is 2. The molecule has 1 aliphatic carbocycles. The maximum atomic E-state index is 14.4. The quantitative estimate of drug-likeness (QED) is 0.00987. The lowest BCUT2D eigenvalue weighted by atomic mass is 9.81. The highest BCUT2D eigenvalue weighted by atomic mass is 16.7. The van der Waals surface area contributed by atoms with Gasteiger partial charge in [0.05, 0.1) is 161 Å². The van der Waals surface area contributed by atoms with E-state index in [9.17, 15) is 52.7 Å². The zero-order chi connectivity index (χ0) is 86.4. The third-order valence-electron chi connectivity index (χ3n) is 20.6. The fraction of sp³-hybridized carbons (Fsp3) is 0.529. The van der Waals surface area contributed by atoms with E-state index in [1.54, 1.807) is 108 Å². The number of imide groups is 1. The SMILES string of the molecule is CCOC(=O)Oc1ccc2nc3c(c(CC)c2c1)Cn1c-3cc2c(c1=O)COC(=O)[C@@]2(CC)OC(=O)OCc1ccc(NC(=O)[C@H](CCCCN)NC(=O)[C@H](Cc2ccccc2)NC(=O)COCC(=O)NCCOCCOCCOCCOCCOCCOCCOCCOCCn2cc(CNC(=O)C3CCC(CN4C(=O)C=CC4=O)CC3)nn2)cc1. The Morgan fingerprint density at radius 1 is 0.639 bits per heavy atom. The van der Waals surface area contributed by atoms with Gasteiger partial charge in [-0.15, -0.1) is 5.10 Å². The van der Waals surface area contributed by atoms with Crippen LogP contribution in [0.3, 0.4) is 0 Å². The number of esters is 1. The smallest absolute Gasteiger partial charge is 0.457 e. The van der Waals surface area contributed by atoms with Gasteiger partial charge in [0.25, 0.3) is 17.4 Å². The predicted molar refractivity (Wildman–Crippen MR) is 436 cm³/mol. The van der Waals surface area contributed by atoms with Crippen LogP contribution >= 0.6 is 0 Å². The van der Waals surface area contributed by atoms with E-state index in [0.29, 0.717) is 184 Å². The number of benzene rings is 3. The number of nitrogens with zero attached hydrogens (tertiary/aromatic N) is 6. The lowest BCUT2D eigenvalue weighted by molar-refractivity contribution is -0.175. The van der Waals surface area contributed by atoms with Gasteiger partial charge in [0, 0.05) is 59.8 Å². The van der Waals surface area contributed by atoms with Gasteiger partial charge in [0.1, 0.15) is 50.0 Å². The van der Waals surface area contributed by atoms with Crippen LogP contribution in [-0.2, 0) is 151 Å². The first-order valence-electron chi connectivity index (χ1n) is 41.4. The van der Waals surface area contributed by atoms with E-state index < -0.39 is 78.4 Å². The summed E-state index contributed by atoms with van der Waals surface area (Å²) in [6, 6.07) is 19.6. The van der Waals surface area contributed by atoms with Gasteiger partial charge in [-0.05, 0) is 130 Å². The predicted octanol–water partition coefficient (Wildman–Crippen LogP) is 4.72. The summed E-state index contributed by atoms with van der Waals surface area (Å²) < 4.78 is 80.5. The number of hydrogen-bond acceptors (Lipinski definition) is 29. The lowest BCUT2D eigenvalue weighted by Crippen LogP contribution is -2.54. The van der Waals surface area contributed by atoms with Gasteiger partial charge in [-0.2, -0.15) is 0 Å². The van der Waals surface area contributed by atoms with Crippen LogP contribution in [0.25, 0.3) is 22.3 Å². The number of rotatable bonds is 54. The minimum atomic E-state index is -2.06. The Kier molecular flexibility index (Phi) is 37.6. The average molecular weight is 1700 g/mol. The monoisotopic (exact) mass is 1700 g/mol. The van der Waals surface area contributed by atoms with Gasteiger partial charge in [-0.1, -0.05) is 61.5 Å². The maximum Gasteiger partial charge on any atom is 0.513 e. The van der Waals surface area contributed by atoms with Crippen molar-refractivity contribution in [2.45, 2.75) is 136 Å². The summed E-state index contributed by atoms with van der Waals surface area (Å²) in [6.07, 6.45) is 6.95. The number of aryl methyl sites for hydroxylation is 1. The van der Waals surface area contributed by atoms with Crippen LogP contribution in [-0.4, -0.2) is 246 Å². The molecule has 0 saturated heterocycles. The number of carbonyl (C=O) groups excluding carboxylic acids is 10. The summed E-state index contributed by atoms with van der Waals surface area (Å²) in [5, 5.41) is 22.9. The Labute approximate surface area is 705 Å². The highest BCUT2D eigenvalue weighted by Crippen LogP contribution is 2.43. The molecule has 0 unspecified atom stereocenters. The average Bonchev–Trinajstić information content (AvgIpc) is 1.50. The zero-order valence-electron chi connectivity index (χ0n) is 69.2. The maximum absolute atomic E-state index is 14.4. The first-order valence-corrected chi connectivity index (χ1v) is 41.4. The van der Waals surface area contributed by atoms with Crippen molar-refractivity contribution >= 4 is 76.2 Å². The molecule has 0 spiro atoms. The Bertz CT molecular complexity index is 4560. The summed E-state index contributed by atoms with van der Waals surface area (Å²) in [4.78, 5) is 151. The van der Waals surface area contributed by atoms with Gasteiger partial charge in [-0.25, -0.2) is 24.0 Å². The van der Waals surface area contributed by atoms with Crippen molar-refractivity contribution in [2.24, 2.45) is 17.6 Å². The van der Waals surface area contributed by atoms with E-state index in [1.807, 2.05) is 6.92 Å².